The lowest BCUT2D eigenvalue weighted by atomic mass is 9.91. The lowest BCUT2D eigenvalue weighted by molar-refractivity contribution is -0.153. The number of carbonyl (C=O) groups is 2. The molecule has 104 valence electrons. The number of carbonyl (C=O) groups excluding carboxylic acids is 1. The van der Waals surface area contributed by atoms with Crippen LogP contribution in [0.3, 0.4) is 0 Å². The van der Waals surface area contributed by atoms with Crippen LogP contribution in [0.25, 0.3) is 0 Å². The number of rotatable bonds is 5. The molecule has 1 aliphatic rings. The molecular weight excluding hydrogens is 252 g/mol. The molecule has 1 aliphatic heterocycles. The quantitative estimate of drug-likeness (QED) is 0.726. The molecule has 1 saturated heterocycles. The lowest BCUT2D eigenvalue weighted by Crippen LogP contribution is -2.73. The first-order chi connectivity index (χ1) is 8.19. The molecule has 1 amide bonds. The molecule has 1 heterocycles. The highest BCUT2D eigenvalue weighted by Gasteiger charge is 2.50. The van der Waals surface area contributed by atoms with Crippen molar-refractivity contribution in [1.29, 1.82) is 0 Å². The van der Waals surface area contributed by atoms with Gasteiger partial charge in [-0.2, -0.15) is 0 Å². The zero-order valence-corrected chi connectivity index (χ0v) is 12.4. The number of likely N-dealkylation sites (N-methyl/N-ethyl adjacent to an activating group) is 1. The van der Waals surface area contributed by atoms with Crippen molar-refractivity contribution in [2.24, 2.45) is 0 Å². The predicted octanol–water partition coefficient (Wildman–Crippen LogP) is 0.820. The first-order valence-corrected chi connectivity index (χ1v) is 9.74. The second-order valence-corrected chi connectivity index (χ2v) is 11.5. The van der Waals surface area contributed by atoms with E-state index < -0.39 is 25.7 Å². The second kappa shape index (κ2) is 5.27. The highest BCUT2D eigenvalue weighted by atomic mass is 28.3. The van der Waals surface area contributed by atoms with Gasteiger partial charge in [0, 0.05) is 28.2 Å². The van der Waals surface area contributed by atoms with Gasteiger partial charge in [-0.05, 0) is 6.04 Å². The van der Waals surface area contributed by atoms with Crippen molar-refractivity contribution in [2.75, 3.05) is 26.7 Å². The second-order valence-electron chi connectivity index (χ2n) is 5.92. The Morgan fingerprint density at radius 3 is 2.28 bits per heavy atom. The van der Waals surface area contributed by atoms with Crippen LogP contribution in [0.1, 0.15) is 0 Å². The fraction of sp³-hybridized carbons (Fsp3) is 0.818. The molecule has 0 atom stereocenters. The van der Waals surface area contributed by atoms with Crippen molar-refractivity contribution in [3.63, 3.8) is 0 Å². The molecule has 0 bridgehead atoms. The molecule has 0 aromatic carbocycles. The summed E-state index contributed by atoms with van der Waals surface area (Å²) in [5.41, 5.74) is -1.14. The fourth-order valence-corrected chi connectivity index (χ4v) is 2.32. The fourth-order valence-electron chi connectivity index (χ4n) is 1.61. The van der Waals surface area contributed by atoms with E-state index in [2.05, 4.69) is 25.0 Å². The maximum Gasteiger partial charge on any atom is 0.410 e. The van der Waals surface area contributed by atoms with Crippen LogP contribution >= 0.6 is 0 Å². The Morgan fingerprint density at radius 2 is 1.94 bits per heavy atom. The molecule has 0 radical (unpaired) electrons. The summed E-state index contributed by atoms with van der Waals surface area (Å²) < 4.78 is 5.14. The molecule has 0 aromatic rings. The summed E-state index contributed by atoms with van der Waals surface area (Å²) >= 11 is 0. The van der Waals surface area contributed by atoms with Gasteiger partial charge in [0.2, 0.25) is 0 Å². The van der Waals surface area contributed by atoms with E-state index in [0.29, 0.717) is 6.61 Å². The molecule has 6 nitrogen and oxygen atoms in total. The summed E-state index contributed by atoms with van der Waals surface area (Å²) in [5.74, 6) is -0.995. The molecule has 7 heteroatoms. The molecule has 2 N–H and O–H groups in total. The Morgan fingerprint density at radius 1 is 1.39 bits per heavy atom. The van der Waals surface area contributed by atoms with Gasteiger partial charge in [-0.25, -0.2) is 9.59 Å². The number of hydrogen-bond acceptors (Lipinski definition) is 4. The number of carboxylic acid groups (broad SMARTS) is 1. The highest BCUT2D eigenvalue weighted by Crippen LogP contribution is 2.20. The molecule has 0 aliphatic carbocycles. The Kier molecular flexibility index (Phi) is 4.39. The monoisotopic (exact) mass is 274 g/mol. The standard InChI is InChI=1S/C11H22N2O4Si/c1-13(11(9(14)15)7-12-8-11)10(16)17-5-6-18(2,3)4/h12H,5-8H2,1-4H3,(H,14,15). The maximum absolute atomic E-state index is 11.8. The SMILES string of the molecule is CN(C(=O)OCC[Si](C)(C)C)C1(C(=O)O)CNC1. The minimum atomic E-state index is -1.25. The third-order valence-electron chi connectivity index (χ3n) is 3.23. The number of aliphatic carboxylic acids is 1. The van der Waals surface area contributed by atoms with Gasteiger partial charge >= 0.3 is 12.1 Å². The van der Waals surface area contributed by atoms with E-state index in [4.69, 9.17) is 4.74 Å². The van der Waals surface area contributed by atoms with Crippen LogP contribution in [0.15, 0.2) is 0 Å². The Labute approximate surface area is 108 Å². The van der Waals surface area contributed by atoms with Crippen LogP contribution in [-0.4, -0.2) is 62.4 Å². The molecule has 1 fully saturated rings. The largest absolute Gasteiger partial charge is 0.479 e. The van der Waals surface area contributed by atoms with E-state index in [-0.39, 0.29) is 13.1 Å². The van der Waals surface area contributed by atoms with Crippen LogP contribution in [-0.2, 0) is 9.53 Å². The minimum absolute atomic E-state index is 0.266. The Hall–Kier alpha value is -1.08. The molecule has 1 rings (SSSR count). The highest BCUT2D eigenvalue weighted by molar-refractivity contribution is 6.76. The van der Waals surface area contributed by atoms with Gasteiger partial charge in [0.05, 0.1) is 6.61 Å². The van der Waals surface area contributed by atoms with Crippen LogP contribution < -0.4 is 5.32 Å². The smallest absolute Gasteiger partial charge is 0.410 e. The Bertz CT molecular complexity index is 336. The summed E-state index contributed by atoms with van der Waals surface area (Å²) in [6, 6.07) is 0.880. The van der Waals surface area contributed by atoms with Gasteiger partial charge in [0.1, 0.15) is 0 Å². The third kappa shape index (κ3) is 3.23. The van der Waals surface area contributed by atoms with Crippen molar-refractivity contribution in [1.82, 2.24) is 10.2 Å². The molecule has 0 spiro atoms. The van der Waals surface area contributed by atoms with Gasteiger partial charge in [-0.3, -0.25) is 4.90 Å². The number of ether oxygens (including phenoxy) is 1. The topological polar surface area (TPSA) is 78.9 Å². The first kappa shape index (κ1) is 15.0. The van der Waals surface area contributed by atoms with Gasteiger partial charge in [0.15, 0.2) is 5.54 Å². The minimum Gasteiger partial charge on any atom is -0.479 e. The van der Waals surface area contributed by atoms with Crippen molar-refractivity contribution < 1.29 is 19.4 Å². The normalized spacial score (nSPS) is 17.8. The van der Waals surface area contributed by atoms with Crippen LogP contribution in [0.4, 0.5) is 4.79 Å². The van der Waals surface area contributed by atoms with Gasteiger partial charge in [-0.1, -0.05) is 19.6 Å². The lowest BCUT2D eigenvalue weighted by Gasteiger charge is -2.44. The maximum atomic E-state index is 11.8. The summed E-state index contributed by atoms with van der Waals surface area (Å²) in [6.07, 6.45) is -0.558. The number of carboxylic acids is 1. The van der Waals surface area contributed by atoms with E-state index >= 15 is 0 Å². The number of amides is 1. The van der Waals surface area contributed by atoms with E-state index in [1.807, 2.05) is 0 Å². The third-order valence-corrected chi connectivity index (χ3v) is 4.93. The van der Waals surface area contributed by atoms with Crippen molar-refractivity contribution in [3.05, 3.63) is 0 Å². The van der Waals surface area contributed by atoms with Crippen LogP contribution in [0.5, 0.6) is 0 Å². The number of nitrogens with one attached hydrogen (secondary N) is 1. The summed E-state index contributed by atoms with van der Waals surface area (Å²) in [4.78, 5) is 24.2. The van der Waals surface area contributed by atoms with Crippen LogP contribution in [0.2, 0.25) is 25.7 Å². The number of nitrogens with zero attached hydrogens (tertiary/aromatic N) is 1. The van der Waals surface area contributed by atoms with Gasteiger partial charge in [0.25, 0.3) is 0 Å². The van der Waals surface area contributed by atoms with Crippen molar-refractivity contribution in [2.45, 2.75) is 31.2 Å². The zero-order valence-electron chi connectivity index (χ0n) is 11.4. The van der Waals surface area contributed by atoms with Crippen LogP contribution in [0, 0.1) is 0 Å². The summed E-state index contributed by atoms with van der Waals surface area (Å²) in [5, 5.41) is 12.1. The van der Waals surface area contributed by atoms with E-state index in [1.54, 1.807) is 0 Å². The van der Waals surface area contributed by atoms with Gasteiger partial charge < -0.3 is 15.2 Å². The first-order valence-electron chi connectivity index (χ1n) is 6.04. The molecule has 0 saturated carbocycles. The van der Waals surface area contributed by atoms with E-state index in [9.17, 15) is 14.7 Å². The van der Waals surface area contributed by atoms with E-state index in [1.165, 1.54) is 11.9 Å². The van der Waals surface area contributed by atoms with Crippen molar-refractivity contribution in [3.8, 4) is 0 Å². The molecule has 0 aromatic heterocycles. The predicted molar refractivity (Wildman–Crippen MR) is 70.5 cm³/mol. The summed E-state index contributed by atoms with van der Waals surface area (Å²) in [6.45, 7) is 7.48. The average Bonchev–Trinajstić information content (AvgIpc) is 2.12. The molecular formula is C11H22N2O4Si. The number of hydrogen-bond donors (Lipinski definition) is 2. The summed E-state index contributed by atoms with van der Waals surface area (Å²) in [7, 11) is 0.233. The van der Waals surface area contributed by atoms with E-state index in [0.717, 1.165) is 6.04 Å². The molecule has 0 unspecified atom stereocenters. The Balaban J connectivity index is 2.49. The zero-order chi connectivity index (χ0) is 14.0. The average molecular weight is 274 g/mol. The van der Waals surface area contributed by atoms with Gasteiger partial charge in [-0.15, -0.1) is 0 Å². The van der Waals surface area contributed by atoms with Crippen molar-refractivity contribution >= 4 is 20.1 Å². The molecule has 18 heavy (non-hydrogen) atoms.